The first-order valence-corrected chi connectivity index (χ1v) is 9.22. The fraction of sp³-hybridized carbons (Fsp3) is 0.368. The third-order valence-corrected chi connectivity index (χ3v) is 4.45. The van der Waals surface area contributed by atoms with E-state index >= 15 is 0 Å². The Labute approximate surface area is 164 Å². The summed E-state index contributed by atoms with van der Waals surface area (Å²) in [6.45, 7) is 4.31. The molecule has 1 aromatic carbocycles. The molecule has 1 aromatic heterocycles. The Morgan fingerprint density at radius 3 is 2.36 bits per heavy atom. The number of phenolic OH excluding ortho intramolecular Hbond substituents is 1. The lowest BCUT2D eigenvalue weighted by atomic mass is 10.2. The SMILES string of the molecule is CN=C(NCCNC(=O)c1ccc(O)cc1)N1CCN(c2ncccn2)CC1. The molecule has 0 unspecified atom stereocenters. The number of aromatic hydroxyl groups is 1. The van der Waals surface area contributed by atoms with Crippen molar-refractivity contribution in [2.24, 2.45) is 4.99 Å². The van der Waals surface area contributed by atoms with Gasteiger partial charge in [0, 0.05) is 64.3 Å². The van der Waals surface area contributed by atoms with Crippen molar-refractivity contribution in [3.8, 4) is 5.75 Å². The Balaban J connectivity index is 1.40. The molecule has 3 rings (SSSR count). The molecule has 2 aromatic rings. The zero-order chi connectivity index (χ0) is 19.8. The lowest BCUT2D eigenvalue weighted by molar-refractivity contribution is 0.0954. The summed E-state index contributed by atoms with van der Waals surface area (Å²) in [5.74, 6) is 1.53. The molecule has 3 N–H and O–H groups in total. The monoisotopic (exact) mass is 383 g/mol. The van der Waals surface area contributed by atoms with Crippen LogP contribution in [0.5, 0.6) is 5.75 Å². The van der Waals surface area contributed by atoms with Gasteiger partial charge in [-0.15, -0.1) is 0 Å². The van der Waals surface area contributed by atoms with Gasteiger partial charge in [0.15, 0.2) is 5.96 Å². The smallest absolute Gasteiger partial charge is 0.251 e. The van der Waals surface area contributed by atoms with Gasteiger partial charge in [0.2, 0.25) is 5.95 Å². The second-order valence-electron chi connectivity index (χ2n) is 6.30. The standard InChI is InChI=1S/C19H25N7O2/c1-20-18(24-10-9-21-17(28)15-3-5-16(27)6-4-15)25-11-13-26(14-12-25)19-22-7-2-8-23-19/h2-8,27H,9-14H2,1H3,(H,20,24)(H,21,28). The molecule has 0 bridgehead atoms. The quantitative estimate of drug-likeness (QED) is 0.388. The summed E-state index contributed by atoms with van der Waals surface area (Å²) in [7, 11) is 1.75. The van der Waals surface area contributed by atoms with E-state index in [2.05, 4.69) is 35.4 Å². The third-order valence-electron chi connectivity index (χ3n) is 4.45. The van der Waals surface area contributed by atoms with Gasteiger partial charge in [0.05, 0.1) is 0 Å². The minimum Gasteiger partial charge on any atom is -0.508 e. The Morgan fingerprint density at radius 2 is 1.71 bits per heavy atom. The zero-order valence-electron chi connectivity index (χ0n) is 15.9. The summed E-state index contributed by atoms with van der Waals surface area (Å²) in [6, 6.07) is 7.98. The van der Waals surface area contributed by atoms with Crippen LogP contribution in [0.25, 0.3) is 0 Å². The normalized spacial score (nSPS) is 14.7. The molecule has 9 nitrogen and oxygen atoms in total. The van der Waals surface area contributed by atoms with Crippen LogP contribution in [0.1, 0.15) is 10.4 Å². The number of phenols is 1. The van der Waals surface area contributed by atoms with Crippen LogP contribution in [0.4, 0.5) is 5.95 Å². The number of aliphatic imine (C=N–C) groups is 1. The van der Waals surface area contributed by atoms with E-state index in [4.69, 9.17) is 0 Å². The van der Waals surface area contributed by atoms with Crippen molar-refractivity contribution < 1.29 is 9.90 Å². The number of anilines is 1. The highest BCUT2D eigenvalue weighted by molar-refractivity contribution is 5.94. The number of aromatic nitrogens is 2. The van der Waals surface area contributed by atoms with Crippen molar-refractivity contribution in [3.05, 3.63) is 48.3 Å². The molecule has 9 heteroatoms. The van der Waals surface area contributed by atoms with E-state index < -0.39 is 0 Å². The lowest BCUT2D eigenvalue weighted by Gasteiger charge is -2.36. The van der Waals surface area contributed by atoms with E-state index in [9.17, 15) is 9.90 Å². The van der Waals surface area contributed by atoms with Crippen LogP contribution in [-0.2, 0) is 0 Å². The van der Waals surface area contributed by atoms with Crippen molar-refractivity contribution >= 4 is 17.8 Å². The van der Waals surface area contributed by atoms with Crippen LogP contribution in [0.15, 0.2) is 47.7 Å². The van der Waals surface area contributed by atoms with E-state index in [1.165, 1.54) is 12.1 Å². The highest BCUT2D eigenvalue weighted by Crippen LogP contribution is 2.10. The van der Waals surface area contributed by atoms with Crippen molar-refractivity contribution in [1.82, 2.24) is 25.5 Å². The van der Waals surface area contributed by atoms with Crippen LogP contribution in [0.3, 0.4) is 0 Å². The number of rotatable bonds is 5. The van der Waals surface area contributed by atoms with Crippen molar-refractivity contribution in [2.45, 2.75) is 0 Å². The fourth-order valence-corrected chi connectivity index (χ4v) is 2.97. The Hall–Kier alpha value is -3.36. The van der Waals surface area contributed by atoms with E-state index in [1.807, 2.05) is 6.07 Å². The van der Waals surface area contributed by atoms with Gasteiger partial charge in [0.25, 0.3) is 5.91 Å². The first kappa shape index (κ1) is 19.4. The van der Waals surface area contributed by atoms with Gasteiger partial charge in [-0.2, -0.15) is 0 Å². The maximum Gasteiger partial charge on any atom is 0.251 e. The van der Waals surface area contributed by atoms with Gasteiger partial charge in [-0.05, 0) is 30.3 Å². The molecule has 2 heterocycles. The molecule has 0 spiro atoms. The molecule has 28 heavy (non-hydrogen) atoms. The van der Waals surface area contributed by atoms with Crippen LogP contribution >= 0.6 is 0 Å². The number of guanidine groups is 1. The molecule has 0 atom stereocenters. The first-order valence-electron chi connectivity index (χ1n) is 9.22. The van der Waals surface area contributed by atoms with Gasteiger partial charge in [-0.25, -0.2) is 9.97 Å². The summed E-state index contributed by atoms with van der Waals surface area (Å²) in [6.07, 6.45) is 3.50. The number of nitrogens with one attached hydrogen (secondary N) is 2. The van der Waals surface area contributed by atoms with Gasteiger partial charge in [0.1, 0.15) is 5.75 Å². The average Bonchev–Trinajstić information content (AvgIpc) is 2.75. The highest BCUT2D eigenvalue weighted by atomic mass is 16.3. The number of carbonyl (C=O) groups excluding carboxylic acids is 1. The fourth-order valence-electron chi connectivity index (χ4n) is 2.97. The minimum atomic E-state index is -0.173. The number of benzene rings is 1. The molecule has 0 radical (unpaired) electrons. The summed E-state index contributed by atoms with van der Waals surface area (Å²) in [5.41, 5.74) is 0.515. The number of piperazine rings is 1. The van der Waals surface area contributed by atoms with E-state index in [-0.39, 0.29) is 11.7 Å². The highest BCUT2D eigenvalue weighted by Gasteiger charge is 2.20. The summed E-state index contributed by atoms with van der Waals surface area (Å²) in [4.78, 5) is 29.3. The maximum absolute atomic E-state index is 12.1. The molecular formula is C19H25N7O2. The van der Waals surface area contributed by atoms with Crippen LogP contribution in [0, 0.1) is 0 Å². The molecule has 0 saturated carbocycles. The first-order chi connectivity index (χ1) is 13.7. The van der Waals surface area contributed by atoms with E-state index in [1.54, 1.807) is 31.6 Å². The second-order valence-corrected chi connectivity index (χ2v) is 6.30. The summed E-state index contributed by atoms with van der Waals surface area (Å²) < 4.78 is 0. The van der Waals surface area contributed by atoms with Gasteiger partial charge in [-0.1, -0.05) is 0 Å². The Morgan fingerprint density at radius 1 is 1.07 bits per heavy atom. The van der Waals surface area contributed by atoms with Gasteiger partial charge >= 0.3 is 0 Å². The summed E-state index contributed by atoms with van der Waals surface area (Å²) in [5, 5.41) is 15.4. The molecule has 1 amide bonds. The van der Waals surface area contributed by atoms with Crippen LogP contribution in [-0.4, -0.2) is 78.2 Å². The van der Waals surface area contributed by atoms with Crippen molar-refractivity contribution in [3.63, 3.8) is 0 Å². The maximum atomic E-state index is 12.1. The predicted octanol–water partition coefficient (Wildman–Crippen LogP) is 0.310. The molecule has 1 saturated heterocycles. The molecular weight excluding hydrogens is 358 g/mol. The third kappa shape index (κ3) is 5.09. The van der Waals surface area contributed by atoms with E-state index in [0.717, 1.165) is 38.1 Å². The largest absolute Gasteiger partial charge is 0.508 e. The molecule has 1 fully saturated rings. The van der Waals surface area contributed by atoms with Gasteiger partial charge < -0.3 is 25.5 Å². The lowest BCUT2D eigenvalue weighted by Crippen LogP contribution is -2.53. The second kappa shape index (κ2) is 9.54. The molecule has 1 aliphatic rings. The molecule has 1 aliphatic heterocycles. The topological polar surface area (TPSA) is 106 Å². The van der Waals surface area contributed by atoms with Crippen LogP contribution in [0.2, 0.25) is 0 Å². The Kier molecular flexibility index (Phi) is 6.61. The molecule has 0 aliphatic carbocycles. The van der Waals surface area contributed by atoms with Crippen molar-refractivity contribution in [1.29, 1.82) is 0 Å². The van der Waals surface area contributed by atoms with Crippen molar-refractivity contribution in [2.75, 3.05) is 51.2 Å². The van der Waals surface area contributed by atoms with E-state index in [0.29, 0.717) is 18.7 Å². The number of carbonyl (C=O) groups is 1. The van der Waals surface area contributed by atoms with Crippen LogP contribution < -0.4 is 15.5 Å². The average molecular weight is 383 g/mol. The zero-order valence-corrected chi connectivity index (χ0v) is 15.9. The number of amides is 1. The minimum absolute atomic E-state index is 0.140. The Bertz CT molecular complexity index is 788. The number of nitrogens with zero attached hydrogens (tertiary/aromatic N) is 5. The number of hydrogen-bond donors (Lipinski definition) is 3. The molecule has 148 valence electrons. The summed E-state index contributed by atoms with van der Waals surface area (Å²) >= 11 is 0. The number of hydrogen-bond acceptors (Lipinski definition) is 6. The predicted molar refractivity (Wildman–Crippen MR) is 108 cm³/mol. The van der Waals surface area contributed by atoms with Gasteiger partial charge in [-0.3, -0.25) is 9.79 Å².